The van der Waals surface area contributed by atoms with E-state index in [1.54, 1.807) is 24.3 Å². The quantitative estimate of drug-likeness (QED) is 0.701. The van der Waals surface area contributed by atoms with Gasteiger partial charge in [-0.25, -0.2) is 4.79 Å². The minimum atomic E-state index is -0.321. The van der Waals surface area contributed by atoms with E-state index >= 15 is 0 Å². The zero-order chi connectivity index (χ0) is 12.7. The molecule has 0 N–H and O–H groups in total. The van der Waals surface area contributed by atoms with Gasteiger partial charge in [0.1, 0.15) is 6.10 Å². The van der Waals surface area contributed by atoms with Crippen molar-refractivity contribution in [3.8, 4) is 0 Å². The Morgan fingerprint density at radius 3 is 2.65 bits per heavy atom. The van der Waals surface area contributed by atoms with Crippen LogP contribution >= 0.6 is 11.6 Å². The zero-order valence-electron chi connectivity index (χ0n) is 10.4. The molecule has 1 atom stereocenters. The van der Waals surface area contributed by atoms with Gasteiger partial charge in [-0.2, -0.15) is 0 Å². The number of carbonyl (C=O) groups is 1. The Bertz CT molecular complexity index is 363. The summed E-state index contributed by atoms with van der Waals surface area (Å²) in [6.07, 6.45) is 3.95. The van der Waals surface area contributed by atoms with Crippen molar-refractivity contribution in [2.45, 2.75) is 45.6 Å². The normalized spacial score (nSPS) is 12.2. The van der Waals surface area contributed by atoms with Crippen LogP contribution in [0.3, 0.4) is 0 Å². The van der Waals surface area contributed by atoms with Gasteiger partial charge in [-0.3, -0.25) is 0 Å². The minimum Gasteiger partial charge on any atom is -0.459 e. The summed E-state index contributed by atoms with van der Waals surface area (Å²) in [5, 5.41) is 0.447. The van der Waals surface area contributed by atoms with Crippen molar-refractivity contribution in [2.24, 2.45) is 0 Å². The Kier molecular flexibility index (Phi) is 6.06. The smallest absolute Gasteiger partial charge is 0.339 e. The molecule has 94 valence electrons. The van der Waals surface area contributed by atoms with E-state index < -0.39 is 0 Å². The van der Waals surface area contributed by atoms with E-state index in [0.29, 0.717) is 10.6 Å². The van der Waals surface area contributed by atoms with Crippen LogP contribution in [-0.2, 0) is 4.74 Å². The molecule has 0 heterocycles. The molecule has 0 bridgehead atoms. The second kappa shape index (κ2) is 7.33. The van der Waals surface area contributed by atoms with Crippen LogP contribution in [-0.4, -0.2) is 12.1 Å². The summed E-state index contributed by atoms with van der Waals surface area (Å²) in [7, 11) is 0. The zero-order valence-corrected chi connectivity index (χ0v) is 11.2. The van der Waals surface area contributed by atoms with Crippen molar-refractivity contribution in [1.29, 1.82) is 0 Å². The molecule has 0 aliphatic heterocycles. The average molecular weight is 255 g/mol. The number of unbranched alkanes of at least 4 members (excludes halogenated alkanes) is 1. The molecule has 0 fully saturated rings. The standard InChI is InChI=1S/C14H19ClO2/c1-3-5-8-11(4-2)17-14(16)12-9-6-7-10-13(12)15/h6-7,9-11H,3-5,8H2,1-2H3/t11-/m0/s1. The van der Waals surface area contributed by atoms with Gasteiger partial charge in [-0.05, 0) is 25.0 Å². The monoisotopic (exact) mass is 254 g/mol. The van der Waals surface area contributed by atoms with Crippen LogP contribution in [0.4, 0.5) is 0 Å². The largest absolute Gasteiger partial charge is 0.459 e. The summed E-state index contributed by atoms with van der Waals surface area (Å²) in [5.41, 5.74) is 0.448. The lowest BCUT2D eigenvalue weighted by atomic mass is 10.1. The van der Waals surface area contributed by atoms with Gasteiger partial charge in [0.25, 0.3) is 0 Å². The van der Waals surface area contributed by atoms with E-state index in [9.17, 15) is 4.79 Å². The van der Waals surface area contributed by atoms with Crippen LogP contribution in [0.5, 0.6) is 0 Å². The Morgan fingerprint density at radius 2 is 2.06 bits per heavy atom. The fourth-order valence-corrected chi connectivity index (χ4v) is 1.83. The summed E-state index contributed by atoms with van der Waals surface area (Å²) in [6, 6.07) is 6.98. The van der Waals surface area contributed by atoms with Crippen LogP contribution in [0.25, 0.3) is 0 Å². The molecule has 17 heavy (non-hydrogen) atoms. The van der Waals surface area contributed by atoms with E-state index in [0.717, 1.165) is 25.7 Å². The van der Waals surface area contributed by atoms with Gasteiger partial charge in [0.15, 0.2) is 0 Å². The van der Waals surface area contributed by atoms with Gasteiger partial charge in [-0.1, -0.05) is 50.4 Å². The van der Waals surface area contributed by atoms with Crippen LogP contribution in [0, 0.1) is 0 Å². The van der Waals surface area contributed by atoms with Crippen LogP contribution < -0.4 is 0 Å². The first-order valence-corrected chi connectivity index (χ1v) is 6.52. The molecular weight excluding hydrogens is 236 g/mol. The fourth-order valence-electron chi connectivity index (χ4n) is 1.62. The molecule has 1 aromatic rings. The molecule has 0 aromatic heterocycles. The molecule has 0 aliphatic rings. The van der Waals surface area contributed by atoms with Crippen molar-refractivity contribution < 1.29 is 9.53 Å². The highest BCUT2D eigenvalue weighted by Crippen LogP contribution is 2.18. The van der Waals surface area contributed by atoms with E-state index in [2.05, 4.69) is 6.92 Å². The Morgan fingerprint density at radius 1 is 1.35 bits per heavy atom. The molecule has 2 nitrogen and oxygen atoms in total. The Hall–Kier alpha value is -1.02. The minimum absolute atomic E-state index is 0.00118. The van der Waals surface area contributed by atoms with Gasteiger partial charge in [0, 0.05) is 0 Å². The van der Waals surface area contributed by atoms with E-state index in [1.807, 2.05) is 6.92 Å². The van der Waals surface area contributed by atoms with Crippen molar-refractivity contribution in [3.63, 3.8) is 0 Å². The van der Waals surface area contributed by atoms with Crippen LogP contribution in [0.15, 0.2) is 24.3 Å². The lowest BCUT2D eigenvalue weighted by molar-refractivity contribution is 0.0268. The highest BCUT2D eigenvalue weighted by atomic mass is 35.5. The number of benzene rings is 1. The SMILES string of the molecule is CCCC[C@H](CC)OC(=O)c1ccccc1Cl. The number of hydrogen-bond acceptors (Lipinski definition) is 2. The molecule has 1 rings (SSSR count). The van der Waals surface area contributed by atoms with Crippen molar-refractivity contribution in [2.75, 3.05) is 0 Å². The molecular formula is C14H19ClO2. The van der Waals surface area contributed by atoms with E-state index in [4.69, 9.17) is 16.3 Å². The number of halogens is 1. The molecule has 0 aliphatic carbocycles. The maximum absolute atomic E-state index is 11.9. The summed E-state index contributed by atoms with van der Waals surface area (Å²) in [4.78, 5) is 11.9. The maximum Gasteiger partial charge on any atom is 0.339 e. The second-order valence-corrected chi connectivity index (χ2v) is 4.46. The fraction of sp³-hybridized carbons (Fsp3) is 0.500. The third kappa shape index (κ3) is 4.39. The maximum atomic E-state index is 11.9. The van der Waals surface area contributed by atoms with Gasteiger partial charge in [-0.15, -0.1) is 0 Å². The third-order valence-electron chi connectivity index (χ3n) is 2.70. The van der Waals surface area contributed by atoms with Crippen molar-refractivity contribution >= 4 is 17.6 Å². The highest BCUT2D eigenvalue weighted by molar-refractivity contribution is 6.33. The molecule has 0 saturated carbocycles. The molecule has 1 aromatic carbocycles. The predicted octanol–water partition coefficient (Wildman–Crippen LogP) is 4.47. The number of esters is 1. The van der Waals surface area contributed by atoms with Crippen molar-refractivity contribution in [1.82, 2.24) is 0 Å². The summed E-state index contributed by atoms with van der Waals surface area (Å²) < 4.78 is 5.45. The lowest BCUT2D eigenvalue weighted by Gasteiger charge is -2.16. The first kappa shape index (κ1) is 14.0. The summed E-state index contributed by atoms with van der Waals surface area (Å²) in [6.45, 7) is 4.16. The van der Waals surface area contributed by atoms with Gasteiger partial charge < -0.3 is 4.74 Å². The number of hydrogen-bond donors (Lipinski definition) is 0. The van der Waals surface area contributed by atoms with E-state index in [1.165, 1.54) is 0 Å². The topological polar surface area (TPSA) is 26.3 Å². The molecule has 0 saturated heterocycles. The Labute approximate surface area is 108 Å². The second-order valence-electron chi connectivity index (χ2n) is 4.06. The number of carbonyl (C=O) groups excluding carboxylic acids is 1. The number of rotatable bonds is 6. The van der Waals surface area contributed by atoms with Gasteiger partial charge in [0.2, 0.25) is 0 Å². The highest BCUT2D eigenvalue weighted by Gasteiger charge is 2.16. The first-order chi connectivity index (χ1) is 8.19. The predicted molar refractivity (Wildman–Crippen MR) is 70.5 cm³/mol. The summed E-state index contributed by atoms with van der Waals surface area (Å²) >= 11 is 5.95. The van der Waals surface area contributed by atoms with Crippen molar-refractivity contribution in [3.05, 3.63) is 34.9 Å². The molecule has 0 radical (unpaired) electrons. The van der Waals surface area contributed by atoms with Gasteiger partial charge in [0.05, 0.1) is 10.6 Å². The average Bonchev–Trinajstić information content (AvgIpc) is 2.34. The molecule has 0 amide bonds. The first-order valence-electron chi connectivity index (χ1n) is 6.14. The number of ether oxygens (including phenoxy) is 1. The van der Waals surface area contributed by atoms with E-state index in [-0.39, 0.29) is 12.1 Å². The molecule has 0 spiro atoms. The third-order valence-corrected chi connectivity index (χ3v) is 3.03. The molecule has 3 heteroatoms. The van der Waals surface area contributed by atoms with Gasteiger partial charge >= 0.3 is 5.97 Å². The molecule has 0 unspecified atom stereocenters. The van der Waals surface area contributed by atoms with Crippen LogP contribution in [0.1, 0.15) is 49.9 Å². The lowest BCUT2D eigenvalue weighted by Crippen LogP contribution is -2.17. The van der Waals surface area contributed by atoms with Crippen LogP contribution in [0.2, 0.25) is 5.02 Å². The summed E-state index contributed by atoms with van der Waals surface area (Å²) in [5.74, 6) is -0.321. The Balaban J connectivity index is 2.61.